The maximum atomic E-state index is 10.3. The van der Waals surface area contributed by atoms with Crippen molar-refractivity contribution in [2.45, 2.75) is 102 Å². The minimum absolute atomic E-state index is 0.489. The second kappa shape index (κ2) is 17.8. The molecule has 0 radical (unpaired) electrons. The van der Waals surface area contributed by atoms with E-state index in [0.29, 0.717) is 5.75 Å². The van der Waals surface area contributed by atoms with Gasteiger partial charge < -0.3 is 5.11 Å². The van der Waals surface area contributed by atoms with Gasteiger partial charge in [0, 0.05) is 17.1 Å². The Bertz CT molecular complexity index is 462. The van der Waals surface area contributed by atoms with Gasteiger partial charge >= 0.3 is 0 Å². The molecule has 0 spiro atoms. The molecule has 1 rings (SSSR count). The highest BCUT2D eigenvalue weighted by atomic mass is 32.2. The van der Waals surface area contributed by atoms with Crippen molar-refractivity contribution in [1.29, 1.82) is 0 Å². The largest absolute Gasteiger partial charge is 0.508 e. The van der Waals surface area contributed by atoms with E-state index in [1.54, 1.807) is 0 Å². The SMILES string of the molecule is CCCCCCCCSCc1cccc(O)c1CSCCCCCCCC. The highest BCUT2D eigenvalue weighted by molar-refractivity contribution is 7.98. The zero-order chi connectivity index (χ0) is 19.6. The van der Waals surface area contributed by atoms with Crippen molar-refractivity contribution < 1.29 is 5.11 Å². The summed E-state index contributed by atoms with van der Waals surface area (Å²) in [6.45, 7) is 4.54. The standard InChI is InChI=1S/C24H42OS2/c1-3-5-7-9-11-13-18-26-20-22-16-15-17-24(25)23(22)21-27-19-14-12-10-8-6-4-2/h15-17,25H,3-14,18-21H2,1-2H3. The van der Waals surface area contributed by atoms with Crippen molar-refractivity contribution in [1.82, 2.24) is 0 Å². The van der Waals surface area contributed by atoms with Crippen LogP contribution in [0.4, 0.5) is 0 Å². The van der Waals surface area contributed by atoms with Crippen molar-refractivity contribution in [2.24, 2.45) is 0 Å². The maximum Gasteiger partial charge on any atom is 0.119 e. The fourth-order valence-electron chi connectivity index (χ4n) is 3.25. The van der Waals surface area contributed by atoms with Gasteiger partial charge in [0.1, 0.15) is 5.75 Å². The van der Waals surface area contributed by atoms with Crippen LogP contribution in [0.25, 0.3) is 0 Å². The van der Waals surface area contributed by atoms with Crippen molar-refractivity contribution in [3.05, 3.63) is 29.3 Å². The molecule has 1 N–H and O–H groups in total. The molecular formula is C24H42OS2. The third-order valence-electron chi connectivity index (χ3n) is 5.04. The molecule has 27 heavy (non-hydrogen) atoms. The van der Waals surface area contributed by atoms with E-state index in [1.165, 1.54) is 99.7 Å². The van der Waals surface area contributed by atoms with E-state index in [2.05, 4.69) is 19.9 Å². The first kappa shape index (κ1) is 24.8. The Morgan fingerprint density at radius 2 is 1.19 bits per heavy atom. The molecule has 156 valence electrons. The molecule has 0 aromatic heterocycles. The monoisotopic (exact) mass is 410 g/mol. The van der Waals surface area contributed by atoms with E-state index in [4.69, 9.17) is 0 Å². The van der Waals surface area contributed by atoms with Crippen LogP contribution in [0.2, 0.25) is 0 Å². The quantitative estimate of drug-likeness (QED) is 0.245. The molecular weight excluding hydrogens is 368 g/mol. The van der Waals surface area contributed by atoms with Crippen LogP contribution < -0.4 is 0 Å². The van der Waals surface area contributed by atoms with Crippen molar-refractivity contribution in [3.8, 4) is 5.75 Å². The van der Waals surface area contributed by atoms with Gasteiger partial charge in [-0.15, -0.1) is 0 Å². The fourth-order valence-corrected chi connectivity index (χ4v) is 5.38. The van der Waals surface area contributed by atoms with Gasteiger partial charge in [-0.3, -0.25) is 0 Å². The van der Waals surface area contributed by atoms with Crippen molar-refractivity contribution in [3.63, 3.8) is 0 Å². The molecule has 0 bridgehead atoms. The van der Waals surface area contributed by atoms with Gasteiger partial charge in [0.15, 0.2) is 0 Å². The molecule has 0 saturated heterocycles. The molecule has 0 amide bonds. The van der Waals surface area contributed by atoms with Crippen LogP contribution in [0.3, 0.4) is 0 Å². The van der Waals surface area contributed by atoms with Crippen LogP contribution in [0.15, 0.2) is 18.2 Å². The Morgan fingerprint density at radius 1 is 0.667 bits per heavy atom. The Morgan fingerprint density at radius 3 is 1.78 bits per heavy atom. The second-order valence-corrected chi connectivity index (χ2v) is 9.77. The number of unbranched alkanes of at least 4 members (excludes halogenated alkanes) is 10. The predicted octanol–water partition coefficient (Wildman–Crippen LogP) is 8.58. The fraction of sp³-hybridized carbons (Fsp3) is 0.750. The lowest BCUT2D eigenvalue weighted by atomic mass is 10.1. The predicted molar refractivity (Wildman–Crippen MR) is 127 cm³/mol. The van der Waals surface area contributed by atoms with Gasteiger partial charge in [0.05, 0.1) is 0 Å². The summed E-state index contributed by atoms with van der Waals surface area (Å²) in [5.74, 6) is 4.94. The molecule has 0 aliphatic carbocycles. The van der Waals surface area contributed by atoms with E-state index in [1.807, 2.05) is 35.7 Å². The van der Waals surface area contributed by atoms with Gasteiger partial charge in [-0.1, -0.05) is 90.2 Å². The van der Waals surface area contributed by atoms with Crippen LogP contribution in [0.5, 0.6) is 5.75 Å². The van der Waals surface area contributed by atoms with E-state index in [-0.39, 0.29) is 0 Å². The third-order valence-corrected chi connectivity index (χ3v) is 7.20. The zero-order valence-corrected chi connectivity index (χ0v) is 19.4. The number of phenolic OH excluding ortho intramolecular Hbond substituents is 1. The van der Waals surface area contributed by atoms with Gasteiger partial charge in [0.2, 0.25) is 0 Å². The number of thioether (sulfide) groups is 2. The number of hydrogen-bond acceptors (Lipinski definition) is 3. The Balaban J connectivity index is 2.21. The summed E-state index contributed by atoms with van der Waals surface area (Å²) in [7, 11) is 0. The average molecular weight is 411 g/mol. The van der Waals surface area contributed by atoms with Gasteiger partial charge in [-0.05, 0) is 36.0 Å². The van der Waals surface area contributed by atoms with Crippen LogP contribution >= 0.6 is 23.5 Å². The molecule has 0 aliphatic heterocycles. The smallest absolute Gasteiger partial charge is 0.119 e. The molecule has 0 atom stereocenters. The van der Waals surface area contributed by atoms with E-state index >= 15 is 0 Å². The summed E-state index contributed by atoms with van der Waals surface area (Å²) in [6, 6.07) is 6.05. The van der Waals surface area contributed by atoms with Crippen molar-refractivity contribution >= 4 is 23.5 Å². The first-order valence-corrected chi connectivity index (χ1v) is 13.6. The number of phenols is 1. The van der Waals surface area contributed by atoms with Crippen molar-refractivity contribution in [2.75, 3.05) is 11.5 Å². The van der Waals surface area contributed by atoms with Gasteiger partial charge in [-0.2, -0.15) is 23.5 Å². The first-order valence-electron chi connectivity index (χ1n) is 11.2. The normalized spacial score (nSPS) is 11.2. The summed E-state index contributed by atoms with van der Waals surface area (Å²) in [5.41, 5.74) is 2.50. The molecule has 0 heterocycles. The number of rotatable bonds is 18. The molecule has 0 fully saturated rings. The Labute approximate surface area is 177 Å². The molecule has 1 aromatic rings. The molecule has 3 heteroatoms. The van der Waals surface area contributed by atoms with E-state index < -0.39 is 0 Å². The highest BCUT2D eigenvalue weighted by Crippen LogP contribution is 2.29. The second-order valence-electron chi connectivity index (χ2n) is 7.56. The molecule has 1 nitrogen and oxygen atoms in total. The average Bonchev–Trinajstić information content (AvgIpc) is 2.67. The number of benzene rings is 1. The third kappa shape index (κ3) is 12.7. The molecule has 0 unspecified atom stereocenters. The summed E-state index contributed by atoms with van der Waals surface area (Å²) in [5, 5.41) is 10.3. The molecule has 0 aliphatic rings. The summed E-state index contributed by atoms with van der Waals surface area (Å²) >= 11 is 4.01. The first-order chi connectivity index (χ1) is 13.3. The number of hydrogen-bond donors (Lipinski definition) is 1. The molecule has 1 aromatic carbocycles. The topological polar surface area (TPSA) is 20.2 Å². The van der Waals surface area contributed by atoms with E-state index in [0.717, 1.165) is 11.5 Å². The minimum atomic E-state index is 0.489. The molecule has 0 saturated carbocycles. The Hall–Kier alpha value is -0.280. The maximum absolute atomic E-state index is 10.3. The van der Waals surface area contributed by atoms with Crippen LogP contribution in [0.1, 0.15) is 102 Å². The Kier molecular flexibility index (Phi) is 16.3. The summed E-state index contributed by atoms with van der Waals surface area (Å²) < 4.78 is 0. The van der Waals surface area contributed by atoms with E-state index in [9.17, 15) is 5.11 Å². The highest BCUT2D eigenvalue weighted by Gasteiger charge is 2.08. The van der Waals surface area contributed by atoms with Gasteiger partial charge in [0.25, 0.3) is 0 Å². The number of aromatic hydroxyl groups is 1. The lowest BCUT2D eigenvalue weighted by Crippen LogP contribution is -1.94. The minimum Gasteiger partial charge on any atom is -0.508 e. The van der Waals surface area contributed by atoms with Crippen LogP contribution in [-0.4, -0.2) is 16.6 Å². The zero-order valence-electron chi connectivity index (χ0n) is 17.8. The summed E-state index contributed by atoms with van der Waals surface area (Å²) in [6.07, 6.45) is 16.3. The summed E-state index contributed by atoms with van der Waals surface area (Å²) in [4.78, 5) is 0. The van der Waals surface area contributed by atoms with Gasteiger partial charge in [-0.25, -0.2) is 0 Å². The van der Waals surface area contributed by atoms with Crippen LogP contribution in [0, 0.1) is 0 Å². The lowest BCUT2D eigenvalue weighted by Gasteiger charge is -2.11. The van der Waals surface area contributed by atoms with Crippen LogP contribution in [-0.2, 0) is 11.5 Å². The lowest BCUT2D eigenvalue weighted by molar-refractivity contribution is 0.470.